The number of halogens is 2. The van der Waals surface area contributed by atoms with E-state index in [1.54, 1.807) is 0 Å². The van der Waals surface area contributed by atoms with Gasteiger partial charge in [-0.2, -0.15) is 0 Å². The number of benzene rings is 3. The van der Waals surface area contributed by atoms with E-state index in [0.717, 1.165) is 0 Å². The van der Waals surface area contributed by atoms with Crippen LogP contribution in [0.5, 0.6) is 0 Å². The lowest BCUT2D eigenvalue weighted by molar-refractivity contribution is 0.636. The second kappa shape index (κ2) is 10.3. The molecule has 0 unspecified atom stereocenters. The fourth-order valence-electron chi connectivity index (χ4n) is 2.18. The molecule has 3 rings (SSSR count). The maximum Gasteiger partial charge on any atom is 0.0785 e. The van der Waals surface area contributed by atoms with Crippen molar-refractivity contribution >= 4 is 40.8 Å². The van der Waals surface area contributed by atoms with Crippen LogP contribution in [0.2, 0.25) is 0 Å². The van der Waals surface area contributed by atoms with E-state index in [4.69, 9.17) is 0 Å². The van der Waals surface area contributed by atoms with Crippen LogP contribution in [-0.2, 0) is 0 Å². The van der Waals surface area contributed by atoms with Crippen LogP contribution < -0.4 is 15.9 Å². The van der Waals surface area contributed by atoms with E-state index in [9.17, 15) is 4.39 Å². The van der Waals surface area contributed by atoms with Crippen molar-refractivity contribution in [2.75, 3.05) is 7.18 Å². The highest BCUT2D eigenvalue weighted by atomic mass is 79.9. The summed E-state index contributed by atoms with van der Waals surface area (Å²) in [6.45, 7) is 0. The smallest absolute Gasteiger partial charge is 0.0785 e. The van der Waals surface area contributed by atoms with Gasteiger partial charge in [-0.25, -0.2) is 0 Å². The monoisotopic (exact) mass is 376 g/mol. The zero-order valence-electron chi connectivity index (χ0n) is 12.4. The van der Waals surface area contributed by atoms with Gasteiger partial charge in [0.15, 0.2) is 0 Å². The van der Waals surface area contributed by atoms with E-state index in [-0.39, 0.29) is 17.0 Å². The van der Waals surface area contributed by atoms with Crippen LogP contribution in [0, 0.1) is 0 Å². The van der Waals surface area contributed by atoms with Gasteiger partial charge in [0.2, 0.25) is 0 Å². The molecule has 0 saturated heterocycles. The zero-order chi connectivity index (χ0) is 14.9. The number of hydrogen-bond donors (Lipinski definition) is 0. The topological polar surface area (TPSA) is 0 Å². The van der Waals surface area contributed by atoms with Gasteiger partial charge < -0.3 is 0 Å². The first-order valence-electron chi connectivity index (χ1n) is 6.78. The van der Waals surface area contributed by atoms with Crippen molar-refractivity contribution in [1.29, 1.82) is 0 Å². The molecule has 0 aliphatic rings. The molecule has 0 fully saturated rings. The molecule has 0 aliphatic heterocycles. The van der Waals surface area contributed by atoms with Crippen molar-refractivity contribution in [1.82, 2.24) is 0 Å². The van der Waals surface area contributed by atoms with Crippen molar-refractivity contribution in [3.63, 3.8) is 0 Å². The summed E-state index contributed by atoms with van der Waals surface area (Å²) in [5.41, 5.74) is 0. The van der Waals surface area contributed by atoms with Crippen molar-refractivity contribution in [2.24, 2.45) is 0 Å². The van der Waals surface area contributed by atoms with Gasteiger partial charge in [-0.05, 0) is 23.8 Å². The van der Waals surface area contributed by atoms with Gasteiger partial charge in [0.25, 0.3) is 0 Å². The second-order valence-corrected chi connectivity index (χ2v) is 6.56. The first-order valence-corrected chi connectivity index (χ1v) is 8.12. The van der Waals surface area contributed by atoms with Crippen LogP contribution in [0.1, 0.15) is 0 Å². The van der Waals surface area contributed by atoms with Crippen LogP contribution in [0.15, 0.2) is 91.0 Å². The van der Waals surface area contributed by atoms with Crippen LogP contribution in [0.4, 0.5) is 4.39 Å². The van der Waals surface area contributed by atoms with Gasteiger partial charge >= 0.3 is 0 Å². The molecule has 0 bridgehead atoms. The normalized spacial score (nSPS) is 9.41. The Morgan fingerprint density at radius 1 is 0.500 bits per heavy atom. The summed E-state index contributed by atoms with van der Waals surface area (Å²) < 4.78 is 9.50. The molecular weight excluding hydrogens is 358 g/mol. The largest absolute Gasteiger partial charge is 0.255 e. The molecule has 3 aromatic carbocycles. The summed E-state index contributed by atoms with van der Waals surface area (Å²) in [6, 6.07) is 32.3. The summed E-state index contributed by atoms with van der Waals surface area (Å²) in [5, 5.41) is 4.19. The van der Waals surface area contributed by atoms with Crippen molar-refractivity contribution in [3.05, 3.63) is 91.0 Å². The Hall–Kier alpha value is -1.50. The molecule has 22 heavy (non-hydrogen) atoms. The first kappa shape index (κ1) is 18.5. The lowest BCUT2D eigenvalue weighted by Crippen LogP contribution is -2.20. The molecule has 0 spiro atoms. The average molecular weight is 377 g/mol. The predicted octanol–water partition coefficient (Wildman–Crippen LogP) is 4.61. The van der Waals surface area contributed by atoms with Gasteiger partial charge in [-0.1, -0.05) is 91.0 Å². The van der Waals surface area contributed by atoms with Gasteiger partial charge in [0, 0.05) is 0 Å². The highest BCUT2D eigenvalue weighted by molar-refractivity contribution is 8.93. The minimum absolute atomic E-state index is 0. The molecule has 0 aromatic heterocycles. The molecule has 0 N–H and O–H groups in total. The Bertz CT molecular complexity index is 535. The molecule has 0 saturated carbocycles. The molecule has 3 aromatic rings. The van der Waals surface area contributed by atoms with Crippen molar-refractivity contribution in [3.8, 4) is 0 Å². The van der Waals surface area contributed by atoms with E-state index in [1.807, 2.05) is 0 Å². The minimum atomic E-state index is -0.446. The fourth-order valence-corrected chi connectivity index (χ4v) is 4.48. The van der Waals surface area contributed by atoms with Crippen LogP contribution in [0.25, 0.3) is 0 Å². The molecule has 0 aliphatic carbocycles. The lowest BCUT2D eigenvalue weighted by Gasteiger charge is -2.18. The van der Waals surface area contributed by atoms with E-state index >= 15 is 0 Å². The highest BCUT2D eigenvalue weighted by Crippen LogP contribution is 2.32. The molecule has 114 valence electrons. The Morgan fingerprint density at radius 3 is 0.955 bits per heavy atom. The Labute approximate surface area is 143 Å². The summed E-state index contributed by atoms with van der Waals surface area (Å²) in [7, 11) is 0.0540. The third-order valence-corrected chi connectivity index (χ3v) is 5.49. The minimum Gasteiger partial charge on any atom is -0.255 e. The molecule has 0 radical (unpaired) electrons. The number of alkyl halides is 1. The van der Waals surface area contributed by atoms with E-state index < -0.39 is 7.92 Å². The van der Waals surface area contributed by atoms with Gasteiger partial charge in [-0.15, -0.1) is 17.0 Å². The third-order valence-electron chi connectivity index (χ3n) is 3.04. The van der Waals surface area contributed by atoms with Crippen LogP contribution >= 0.6 is 24.9 Å². The summed E-state index contributed by atoms with van der Waals surface area (Å²) in [6.07, 6.45) is 0. The quantitative estimate of drug-likeness (QED) is 0.585. The highest BCUT2D eigenvalue weighted by Gasteiger charge is 2.14. The van der Waals surface area contributed by atoms with Crippen LogP contribution in [0.3, 0.4) is 0 Å². The van der Waals surface area contributed by atoms with Gasteiger partial charge in [-0.3, -0.25) is 4.39 Å². The summed E-state index contributed by atoms with van der Waals surface area (Å²) in [4.78, 5) is 0. The van der Waals surface area contributed by atoms with Gasteiger partial charge in [0.05, 0.1) is 7.18 Å². The second-order valence-electron chi connectivity index (χ2n) is 4.34. The van der Waals surface area contributed by atoms with Crippen LogP contribution in [-0.4, -0.2) is 7.18 Å². The molecule has 0 atom stereocenters. The van der Waals surface area contributed by atoms with E-state index in [2.05, 4.69) is 91.0 Å². The third kappa shape index (κ3) is 4.76. The Kier molecular flexibility index (Phi) is 8.65. The maximum atomic E-state index is 9.50. The summed E-state index contributed by atoms with van der Waals surface area (Å²) >= 11 is 0. The molecular formula is C19H19BrFP. The molecule has 0 nitrogen and oxygen atoms in total. The average Bonchev–Trinajstić information content (AvgIpc) is 2.60. The van der Waals surface area contributed by atoms with Crippen molar-refractivity contribution < 1.29 is 4.39 Å². The maximum absolute atomic E-state index is 9.50. The lowest BCUT2D eigenvalue weighted by atomic mass is 10.4. The number of hydrogen-bond acceptors (Lipinski definition) is 0. The van der Waals surface area contributed by atoms with Gasteiger partial charge in [0.1, 0.15) is 0 Å². The van der Waals surface area contributed by atoms with Crippen molar-refractivity contribution in [2.45, 2.75) is 0 Å². The molecule has 0 amide bonds. The van der Waals surface area contributed by atoms with E-state index in [1.165, 1.54) is 15.9 Å². The fraction of sp³-hybridized carbons (Fsp3) is 0.0526. The standard InChI is InChI=1S/C18H15P.CH3F.BrH/c1-4-10-16(11-5-1)19(17-12-6-2-7-13-17)18-14-8-3-9-15-18;1-2;/h1-15H;1H3;1H. The number of rotatable bonds is 3. The first-order chi connectivity index (χ1) is 10.4. The summed E-state index contributed by atoms with van der Waals surface area (Å²) in [5.74, 6) is 0. The zero-order valence-corrected chi connectivity index (χ0v) is 15.0. The Morgan fingerprint density at radius 2 is 0.727 bits per heavy atom. The predicted molar refractivity (Wildman–Crippen MR) is 103 cm³/mol. The van der Waals surface area contributed by atoms with E-state index in [0.29, 0.717) is 7.18 Å². The Balaban J connectivity index is 0.000000775. The molecule has 3 heteroatoms. The SMILES string of the molecule is Br.CF.c1ccc(P(c2ccccc2)c2ccccc2)cc1. The molecule has 0 heterocycles.